The van der Waals surface area contributed by atoms with Gasteiger partial charge in [-0.05, 0) is 25.0 Å². The summed E-state index contributed by atoms with van der Waals surface area (Å²) in [6, 6.07) is 3.75. The molecule has 2 rings (SSSR count). The van der Waals surface area contributed by atoms with Gasteiger partial charge in [0.25, 0.3) is 5.91 Å². The van der Waals surface area contributed by atoms with Crippen LogP contribution in [0.2, 0.25) is 0 Å². The standard InChI is InChI=1S/C16H19N3O3S/c1-22-14(20)7-3-2-4-9-18-15(21)13-11-23-16(19-13)12-6-5-8-17-10-12/h5-6,8,10-11H,2-4,7,9H2,1H3,(H,18,21). The Morgan fingerprint density at radius 1 is 1.30 bits per heavy atom. The largest absolute Gasteiger partial charge is 0.469 e. The third-order valence-corrected chi connectivity index (χ3v) is 4.11. The molecule has 7 heteroatoms. The van der Waals surface area contributed by atoms with E-state index in [0.717, 1.165) is 29.8 Å². The van der Waals surface area contributed by atoms with Gasteiger partial charge in [-0.15, -0.1) is 11.3 Å². The third-order valence-electron chi connectivity index (χ3n) is 3.22. The molecule has 0 fully saturated rings. The summed E-state index contributed by atoms with van der Waals surface area (Å²) in [5.74, 6) is -0.371. The maximum atomic E-state index is 12.0. The molecular weight excluding hydrogens is 314 g/mol. The van der Waals surface area contributed by atoms with Gasteiger partial charge in [0.15, 0.2) is 0 Å². The van der Waals surface area contributed by atoms with Gasteiger partial charge in [0.2, 0.25) is 0 Å². The van der Waals surface area contributed by atoms with E-state index in [1.54, 1.807) is 17.8 Å². The lowest BCUT2D eigenvalue weighted by molar-refractivity contribution is -0.140. The molecule has 1 amide bonds. The van der Waals surface area contributed by atoms with E-state index in [0.29, 0.717) is 18.7 Å². The van der Waals surface area contributed by atoms with Crippen LogP contribution in [-0.4, -0.2) is 35.5 Å². The van der Waals surface area contributed by atoms with Crippen molar-refractivity contribution in [3.63, 3.8) is 0 Å². The van der Waals surface area contributed by atoms with Crippen molar-refractivity contribution in [2.75, 3.05) is 13.7 Å². The first-order chi connectivity index (χ1) is 11.2. The van der Waals surface area contributed by atoms with Crippen LogP contribution in [0.25, 0.3) is 10.6 Å². The molecule has 0 saturated heterocycles. The number of nitrogens with one attached hydrogen (secondary N) is 1. The minimum absolute atomic E-state index is 0.177. The summed E-state index contributed by atoms with van der Waals surface area (Å²) in [6.45, 7) is 0.569. The van der Waals surface area contributed by atoms with Gasteiger partial charge in [-0.3, -0.25) is 14.6 Å². The van der Waals surface area contributed by atoms with Crippen LogP contribution in [-0.2, 0) is 9.53 Å². The van der Waals surface area contributed by atoms with E-state index in [1.165, 1.54) is 18.4 Å². The topological polar surface area (TPSA) is 81.2 Å². The first kappa shape index (κ1) is 17.1. The Labute approximate surface area is 138 Å². The molecule has 0 atom stereocenters. The van der Waals surface area contributed by atoms with Crippen molar-refractivity contribution in [2.24, 2.45) is 0 Å². The number of hydrogen-bond acceptors (Lipinski definition) is 6. The molecule has 0 saturated carbocycles. The quantitative estimate of drug-likeness (QED) is 0.593. The number of nitrogens with zero attached hydrogens (tertiary/aromatic N) is 2. The van der Waals surface area contributed by atoms with Crippen LogP contribution in [0.1, 0.15) is 36.2 Å². The second-order valence-corrected chi connectivity index (χ2v) is 5.78. The van der Waals surface area contributed by atoms with E-state index in [-0.39, 0.29) is 11.9 Å². The molecule has 1 N–H and O–H groups in total. The molecule has 122 valence electrons. The Kier molecular flexibility index (Phi) is 6.68. The maximum Gasteiger partial charge on any atom is 0.305 e. The number of methoxy groups -OCH3 is 1. The van der Waals surface area contributed by atoms with Crippen molar-refractivity contribution in [3.8, 4) is 10.6 Å². The van der Waals surface area contributed by atoms with Crippen LogP contribution in [0.5, 0.6) is 0 Å². The Morgan fingerprint density at radius 3 is 2.91 bits per heavy atom. The lowest BCUT2D eigenvalue weighted by atomic mass is 10.2. The molecule has 0 bridgehead atoms. The molecule has 0 unspecified atom stereocenters. The van der Waals surface area contributed by atoms with Crippen LogP contribution in [0.4, 0.5) is 0 Å². The number of ether oxygens (including phenoxy) is 1. The first-order valence-corrected chi connectivity index (χ1v) is 8.29. The summed E-state index contributed by atoms with van der Waals surface area (Å²) >= 11 is 1.42. The zero-order valence-corrected chi connectivity index (χ0v) is 13.8. The Morgan fingerprint density at radius 2 is 2.17 bits per heavy atom. The van der Waals surface area contributed by atoms with Crippen LogP contribution < -0.4 is 5.32 Å². The number of carbonyl (C=O) groups is 2. The maximum absolute atomic E-state index is 12.0. The average molecular weight is 333 g/mol. The van der Waals surface area contributed by atoms with E-state index in [9.17, 15) is 9.59 Å². The minimum Gasteiger partial charge on any atom is -0.469 e. The van der Waals surface area contributed by atoms with Crippen LogP contribution in [0.15, 0.2) is 29.9 Å². The molecule has 2 aromatic heterocycles. The number of hydrogen-bond donors (Lipinski definition) is 1. The van der Waals surface area contributed by atoms with Crippen molar-refractivity contribution in [1.29, 1.82) is 0 Å². The van der Waals surface area contributed by atoms with Gasteiger partial charge < -0.3 is 10.1 Å². The molecule has 0 radical (unpaired) electrons. The molecule has 6 nitrogen and oxygen atoms in total. The lowest BCUT2D eigenvalue weighted by Crippen LogP contribution is -2.24. The van der Waals surface area contributed by atoms with Gasteiger partial charge in [-0.1, -0.05) is 6.42 Å². The number of carbonyl (C=O) groups excluding carboxylic acids is 2. The normalized spacial score (nSPS) is 10.3. The number of unbranched alkanes of at least 4 members (excludes halogenated alkanes) is 2. The fraction of sp³-hybridized carbons (Fsp3) is 0.375. The molecule has 0 aliphatic carbocycles. The van der Waals surface area contributed by atoms with Crippen molar-refractivity contribution < 1.29 is 14.3 Å². The van der Waals surface area contributed by atoms with Crippen molar-refractivity contribution in [3.05, 3.63) is 35.6 Å². The molecule has 0 spiro atoms. The Bertz CT molecular complexity index is 643. The monoisotopic (exact) mass is 333 g/mol. The van der Waals surface area contributed by atoms with Crippen LogP contribution in [0.3, 0.4) is 0 Å². The fourth-order valence-corrected chi connectivity index (χ4v) is 2.76. The average Bonchev–Trinajstić information content (AvgIpc) is 3.08. The van der Waals surface area contributed by atoms with Gasteiger partial charge in [-0.2, -0.15) is 0 Å². The van der Waals surface area contributed by atoms with E-state index in [4.69, 9.17) is 0 Å². The summed E-state index contributed by atoms with van der Waals surface area (Å²) in [5, 5.41) is 5.36. The molecule has 0 aliphatic heterocycles. The highest BCUT2D eigenvalue weighted by atomic mass is 32.1. The smallest absolute Gasteiger partial charge is 0.305 e. The van der Waals surface area contributed by atoms with Crippen molar-refractivity contribution in [1.82, 2.24) is 15.3 Å². The number of pyridine rings is 1. The molecule has 2 aromatic rings. The summed E-state index contributed by atoms with van der Waals surface area (Å²) in [6.07, 6.45) is 6.30. The van der Waals surface area contributed by atoms with Crippen LogP contribution in [0, 0.1) is 0 Å². The predicted octanol–water partition coefficient (Wildman–Crippen LogP) is 2.67. The number of rotatable bonds is 8. The molecule has 23 heavy (non-hydrogen) atoms. The molecular formula is C16H19N3O3S. The highest BCUT2D eigenvalue weighted by molar-refractivity contribution is 7.13. The number of esters is 1. The number of thiazole rings is 1. The Hall–Kier alpha value is -2.28. The predicted molar refractivity (Wildman–Crippen MR) is 88.2 cm³/mol. The third kappa shape index (κ3) is 5.45. The van der Waals surface area contributed by atoms with Gasteiger partial charge >= 0.3 is 5.97 Å². The highest BCUT2D eigenvalue weighted by Crippen LogP contribution is 2.22. The minimum atomic E-state index is -0.195. The van der Waals surface area contributed by atoms with E-state index >= 15 is 0 Å². The van der Waals surface area contributed by atoms with E-state index in [2.05, 4.69) is 20.0 Å². The zero-order valence-electron chi connectivity index (χ0n) is 12.9. The van der Waals surface area contributed by atoms with Gasteiger partial charge in [0.05, 0.1) is 7.11 Å². The van der Waals surface area contributed by atoms with E-state index < -0.39 is 0 Å². The first-order valence-electron chi connectivity index (χ1n) is 7.41. The summed E-state index contributed by atoms with van der Waals surface area (Å²) < 4.78 is 4.57. The zero-order chi connectivity index (χ0) is 16.5. The summed E-state index contributed by atoms with van der Waals surface area (Å²) in [7, 11) is 1.39. The highest BCUT2D eigenvalue weighted by Gasteiger charge is 2.11. The van der Waals surface area contributed by atoms with Crippen molar-refractivity contribution in [2.45, 2.75) is 25.7 Å². The van der Waals surface area contributed by atoms with Gasteiger partial charge in [0, 0.05) is 36.3 Å². The van der Waals surface area contributed by atoms with E-state index in [1.807, 2.05) is 12.1 Å². The van der Waals surface area contributed by atoms with Gasteiger partial charge in [0.1, 0.15) is 10.7 Å². The second-order valence-electron chi connectivity index (χ2n) is 4.92. The summed E-state index contributed by atoms with van der Waals surface area (Å²) in [5.41, 5.74) is 1.32. The van der Waals surface area contributed by atoms with Gasteiger partial charge in [-0.25, -0.2) is 4.98 Å². The molecule has 2 heterocycles. The molecule has 0 aromatic carbocycles. The summed E-state index contributed by atoms with van der Waals surface area (Å²) in [4.78, 5) is 31.4. The van der Waals surface area contributed by atoms with Crippen molar-refractivity contribution >= 4 is 23.2 Å². The fourth-order valence-electron chi connectivity index (χ4n) is 1.97. The SMILES string of the molecule is COC(=O)CCCCCNC(=O)c1csc(-c2cccnc2)n1. The Balaban J connectivity index is 1.72. The number of amides is 1. The molecule has 0 aliphatic rings. The lowest BCUT2D eigenvalue weighted by Gasteiger charge is -2.03. The second kappa shape index (κ2) is 8.99. The van der Waals surface area contributed by atoms with Crippen LogP contribution >= 0.6 is 11.3 Å². The number of aromatic nitrogens is 2.